The summed E-state index contributed by atoms with van der Waals surface area (Å²) in [6.07, 6.45) is 0. The van der Waals surface area contributed by atoms with Crippen LogP contribution in [0.15, 0.2) is 36.4 Å². The van der Waals surface area contributed by atoms with Crippen molar-refractivity contribution in [2.24, 2.45) is 5.92 Å². The minimum atomic E-state index is -0.0917. The van der Waals surface area contributed by atoms with Crippen molar-refractivity contribution >= 4 is 5.78 Å². The quantitative estimate of drug-likeness (QED) is 0.852. The van der Waals surface area contributed by atoms with Crippen LogP contribution in [0.4, 0.5) is 0 Å². The first kappa shape index (κ1) is 13.2. The zero-order chi connectivity index (χ0) is 15.3. The summed E-state index contributed by atoms with van der Waals surface area (Å²) in [7, 11) is 1.65. The number of hydrogen-bond donors (Lipinski definition) is 0. The Bertz CT molecular complexity index is 748. The number of fused-ring (bicyclic) bond motifs is 2. The van der Waals surface area contributed by atoms with Gasteiger partial charge in [0.15, 0.2) is 17.3 Å². The molecule has 0 radical (unpaired) electrons. The zero-order valence-corrected chi connectivity index (χ0v) is 12.5. The maximum atomic E-state index is 12.6. The molecule has 2 atom stereocenters. The van der Waals surface area contributed by atoms with Crippen LogP contribution in [-0.4, -0.2) is 19.7 Å². The maximum absolute atomic E-state index is 12.6. The predicted octanol–water partition coefficient (Wildman–Crippen LogP) is 3.39. The molecule has 0 fully saturated rings. The Morgan fingerprint density at radius 2 is 1.77 bits per heavy atom. The van der Waals surface area contributed by atoms with Crippen LogP contribution in [0.3, 0.4) is 0 Å². The van der Waals surface area contributed by atoms with Crippen LogP contribution < -0.4 is 14.2 Å². The molecule has 0 saturated carbocycles. The molecule has 1 aliphatic carbocycles. The molecule has 0 saturated heterocycles. The molecule has 2 aliphatic rings. The smallest absolute Gasteiger partial charge is 0.231 e. The number of hydrogen-bond acceptors (Lipinski definition) is 4. The average molecular weight is 296 g/mol. The van der Waals surface area contributed by atoms with E-state index in [1.54, 1.807) is 7.11 Å². The van der Waals surface area contributed by atoms with Gasteiger partial charge < -0.3 is 14.2 Å². The average Bonchev–Trinajstić information content (AvgIpc) is 3.09. The van der Waals surface area contributed by atoms with Crippen LogP contribution in [0.2, 0.25) is 0 Å². The first-order chi connectivity index (χ1) is 10.7. The van der Waals surface area contributed by atoms with Gasteiger partial charge in [0, 0.05) is 17.4 Å². The Balaban J connectivity index is 1.82. The molecule has 0 amide bonds. The van der Waals surface area contributed by atoms with Gasteiger partial charge in [-0.3, -0.25) is 4.79 Å². The lowest BCUT2D eigenvalue weighted by Gasteiger charge is -2.16. The van der Waals surface area contributed by atoms with Gasteiger partial charge in [0.25, 0.3) is 0 Å². The summed E-state index contributed by atoms with van der Waals surface area (Å²) in [5, 5.41) is 0. The first-order valence-corrected chi connectivity index (χ1v) is 7.30. The molecule has 2 aromatic carbocycles. The molecule has 2 aromatic rings. The fourth-order valence-electron chi connectivity index (χ4n) is 3.37. The molecule has 4 heteroatoms. The SMILES string of the molecule is COc1ccc([C@H]2c3cc4c(cc3C(=O)[C@@H]2C)OCO4)cc1. The van der Waals surface area contributed by atoms with E-state index in [0.717, 1.165) is 28.2 Å². The van der Waals surface area contributed by atoms with Gasteiger partial charge in [-0.05, 0) is 35.4 Å². The summed E-state index contributed by atoms with van der Waals surface area (Å²) < 4.78 is 16.1. The van der Waals surface area contributed by atoms with Crippen molar-refractivity contribution in [2.75, 3.05) is 13.9 Å². The van der Waals surface area contributed by atoms with E-state index < -0.39 is 0 Å². The lowest BCUT2D eigenvalue weighted by molar-refractivity contribution is 0.0939. The molecular formula is C18H16O4. The molecule has 0 bridgehead atoms. The normalized spacial score (nSPS) is 21.8. The second-order valence-corrected chi connectivity index (χ2v) is 5.70. The Kier molecular flexibility index (Phi) is 2.86. The summed E-state index contributed by atoms with van der Waals surface area (Å²) >= 11 is 0. The third-order valence-electron chi connectivity index (χ3n) is 4.53. The number of ether oxygens (including phenoxy) is 3. The predicted molar refractivity (Wildman–Crippen MR) is 80.9 cm³/mol. The second-order valence-electron chi connectivity index (χ2n) is 5.70. The number of rotatable bonds is 2. The van der Waals surface area contributed by atoms with E-state index in [-0.39, 0.29) is 24.4 Å². The van der Waals surface area contributed by atoms with Gasteiger partial charge in [-0.15, -0.1) is 0 Å². The van der Waals surface area contributed by atoms with Gasteiger partial charge >= 0.3 is 0 Å². The van der Waals surface area contributed by atoms with Crippen molar-refractivity contribution in [3.63, 3.8) is 0 Å². The van der Waals surface area contributed by atoms with Crippen LogP contribution in [-0.2, 0) is 0 Å². The van der Waals surface area contributed by atoms with E-state index in [2.05, 4.69) is 0 Å². The monoisotopic (exact) mass is 296 g/mol. The Labute approximate surface area is 128 Å². The van der Waals surface area contributed by atoms with Crippen molar-refractivity contribution in [3.05, 3.63) is 53.1 Å². The van der Waals surface area contributed by atoms with Crippen molar-refractivity contribution in [1.82, 2.24) is 0 Å². The van der Waals surface area contributed by atoms with E-state index >= 15 is 0 Å². The molecular weight excluding hydrogens is 280 g/mol. The van der Waals surface area contributed by atoms with Crippen LogP contribution in [0.25, 0.3) is 0 Å². The zero-order valence-electron chi connectivity index (χ0n) is 12.5. The lowest BCUT2D eigenvalue weighted by atomic mass is 9.86. The standard InChI is InChI=1S/C18H16O4/c1-10-17(11-3-5-12(20-2)6-4-11)13-7-15-16(22-9-21-15)8-14(13)18(10)19/h3-8,10,17H,9H2,1-2H3/t10-,17+/m1/s1. The molecule has 1 heterocycles. The van der Waals surface area contributed by atoms with Crippen molar-refractivity contribution < 1.29 is 19.0 Å². The molecule has 1 aliphatic heterocycles. The number of ketones is 1. The molecule has 0 spiro atoms. The molecule has 0 unspecified atom stereocenters. The first-order valence-electron chi connectivity index (χ1n) is 7.30. The Morgan fingerprint density at radius 3 is 2.45 bits per heavy atom. The fraction of sp³-hybridized carbons (Fsp3) is 0.278. The maximum Gasteiger partial charge on any atom is 0.231 e. The van der Waals surface area contributed by atoms with E-state index in [1.165, 1.54) is 0 Å². The Hall–Kier alpha value is -2.49. The largest absolute Gasteiger partial charge is 0.497 e. The summed E-state index contributed by atoms with van der Waals surface area (Å²) in [5.74, 6) is 2.31. The topological polar surface area (TPSA) is 44.8 Å². The van der Waals surface area contributed by atoms with E-state index in [9.17, 15) is 4.79 Å². The molecule has 4 nitrogen and oxygen atoms in total. The van der Waals surface area contributed by atoms with E-state index in [0.29, 0.717) is 5.75 Å². The summed E-state index contributed by atoms with van der Waals surface area (Å²) in [6, 6.07) is 11.7. The summed E-state index contributed by atoms with van der Waals surface area (Å²) in [4.78, 5) is 12.6. The van der Waals surface area contributed by atoms with Crippen LogP contribution >= 0.6 is 0 Å². The van der Waals surface area contributed by atoms with Gasteiger partial charge in [-0.25, -0.2) is 0 Å². The van der Waals surface area contributed by atoms with Gasteiger partial charge in [-0.1, -0.05) is 19.1 Å². The van der Waals surface area contributed by atoms with Crippen molar-refractivity contribution in [2.45, 2.75) is 12.8 Å². The lowest BCUT2D eigenvalue weighted by Crippen LogP contribution is -2.10. The van der Waals surface area contributed by atoms with Gasteiger partial charge in [-0.2, -0.15) is 0 Å². The highest BCUT2D eigenvalue weighted by atomic mass is 16.7. The van der Waals surface area contributed by atoms with Gasteiger partial charge in [0.05, 0.1) is 7.11 Å². The number of benzene rings is 2. The number of carbonyl (C=O) groups is 1. The number of Topliss-reactive ketones (excluding diaryl/α,β-unsaturated/α-hetero) is 1. The second kappa shape index (κ2) is 4.77. The highest BCUT2D eigenvalue weighted by Gasteiger charge is 2.39. The molecule has 22 heavy (non-hydrogen) atoms. The van der Waals surface area contributed by atoms with Gasteiger partial charge in [0.1, 0.15) is 5.75 Å². The highest BCUT2D eigenvalue weighted by Crippen LogP contribution is 2.47. The van der Waals surface area contributed by atoms with Crippen LogP contribution in [0.1, 0.15) is 34.3 Å². The number of carbonyl (C=O) groups excluding carboxylic acids is 1. The fourth-order valence-corrected chi connectivity index (χ4v) is 3.37. The van der Waals surface area contributed by atoms with Crippen molar-refractivity contribution in [1.29, 1.82) is 0 Å². The van der Waals surface area contributed by atoms with Crippen LogP contribution in [0, 0.1) is 5.92 Å². The number of methoxy groups -OCH3 is 1. The summed E-state index contributed by atoms with van der Waals surface area (Å²) in [6.45, 7) is 2.19. The minimum Gasteiger partial charge on any atom is -0.497 e. The van der Waals surface area contributed by atoms with E-state index in [1.807, 2.05) is 43.3 Å². The van der Waals surface area contributed by atoms with E-state index in [4.69, 9.17) is 14.2 Å². The minimum absolute atomic E-state index is 0.0444. The van der Waals surface area contributed by atoms with Crippen LogP contribution in [0.5, 0.6) is 17.2 Å². The molecule has 4 rings (SSSR count). The van der Waals surface area contributed by atoms with Gasteiger partial charge in [0.2, 0.25) is 6.79 Å². The molecule has 0 aromatic heterocycles. The third-order valence-corrected chi connectivity index (χ3v) is 4.53. The molecule has 112 valence electrons. The third kappa shape index (κ3) is 1.80. The Morgan fingerprint density at radius 1 is 1.09 bits per heavy atom. The summed E-state index contributed by atoms with van der Waals surface area (Å²) in [5.41, 5.74) is 2.88. The molecule has 0 N–H and O–H groups in total. The van der Waals surface area contributed by atoms with Crippen molar-refractivity contribution in [3.8, 4) is 17.2 Å². The highest BCUT2D eigenvalue weighted by molar-refractivity contribution is 6.04.